The van der Waals surface area contributed by atoms with Crippen LogP contribution in [0.25, 0.3) is 16.6 Å². The highest BCUT2D eigenvalue weighted by atomic mass is 16.5. The van der Waals surface area contributed by atoms with Gasteiger partial charge in [-0.3, -0.25) is 14.8 Å². The van der Waals surface area contributed by atoms with Gasteiger partial charge in [-0.1, -0.05) is 12.8 Å². The second kappa shape index (κ2) is 8.19. The molecule has 0 N–H and O–H groups in total. The number of aromatic nitrogens is 4. The number of carbonyl (C=O) groups excluding carboxylic acids is 1. The molecule has 0 spiro atoms. The van der Waals surface area contributed by atoms with Gasteiger partial charge in [-0.15, -0.1) is 0 Å². The van der Waals surface area contributed by atoms with E-state index >= 15 is 0 Å². The largest absolute Gasteiger partial charge is 0.381 e. The molecule has 0 aliphatic heterocycles. The zero-order valence-electron chi connectivity index (χ0n) is 16.5. The summed E-state index contributed by atoms with van der Waals surface area (Å²) in [7, 11) is 1.75. The van der Waals surface area contributed by atoms with Crippen LogP contribution in [0.5, 0.6) is 0 Å². The van der Waals surface area contributed by atoms with E-state index in [1.807, 2.05) is 36.0 Å². The van der Waals surface area contributed by atoms with Crippen molar-refractivity contribution in [3.05, 3.63) is 48.2 Å². The number of pyridine rings is 2. The lowest BCUT2D eigenvalue weighted by atomic mass is 9.82. The van der Waals surface area contributed by atoms with Crippen LogP contribution in [0.2, 0.25) is 0 Å². The summed E-state index contributed by atoms with van der Waals surface area (Å²) in [4.78, 5) is 21.4. The zero-order chi connectivity index (χ0) is 19.5. The first-order valence-corrected chi connectivity index (χ1v) is 9.94. The number of carbonyl (C=O) groups is 1. The van der Waals surface area contributed by atoms with Crippen molar-refractivity contribution in [1.29, 1.82) is 0 Å². The van der Waals surface area contributed by atoms with Gasteiger partial charge in [0.05, 0.1) is 29.7 Å². The first-order valence-electron chi connectivity index (χ1n) is 9.94. The molecule has 6 nitrogen and oxygen atoms in total. The summed E-state index contributed by atoms with van der Waals surface area (Å²) in [6.07, 6.45) is 11.1. The number of hydrogen-bond donors (Lipinski definition) is 0. The summed E-state index contributed by atoms with van der Waals surface area (Å²) in [6.45, 7) is 1.96. The molecule has 0 amide bonds. The molecule has 146 valence electrons. The molecule has 0 aromatic carbocycles. The Hall–Kier alpha value is -2.60. The Kier molecular flexibility index (Phi) is 5.48. The number of methoxy groups -OCH3 is 1. The third kappa shape index (κ3) is 3.97. The van der Waals surface area contributed by atoms with Crippen molar-refractivity contribution in [1.82, 2.24) is 19.7 Å². The Labute approximate surface area is 165 Å². The van der Waals surface area contributed by atoms with Crippen LogP contribution >= 0.6 is 0 Å². The Bertz CT molecular complexity index is 982. The second-order valence-corrected chi connectivity index (χ2v) is 7.68. The Morgan fingerprint density at radius 1 is 1.21 bits per heavy atom. The predicted octanol–water partition coefficient (Wildman–Crippen LogP) is 3.83. The summed E-state index contributed by atoms with van der Waals surface area (Å²) < 4.78 is 7.44. The maximum Gasteiger partial charge on any atom is 0.139 e. The van der Waals surface area contributed by atoms with Crippen LogP contribution in [-0.4, -0.2) is 38.7 Å². The van der Waals surface area contributed by atoms with E-state index in [0.29, 0.717) is 18.8 Å². The van der Waals surface area contributed by atoms with E-state index in [1.165, 1.54) is 12.8 Å². The number of rotatable bonds is 6. The van der Waals surface area contributed by atoms with Crippen LogP contribution in [0.15, 0.2) is 36.8 Å². The molecule has 3 heterocycles. The number of hydrogen-bond acceptors (Lipinski definition) is 5. The standard InChI is InChI=1S/C22H26N4O2/c1-15-9-19(7-8-23-15)26-21-14-24-18(10-17(21)13-25-26)12-20(27)11-16-5-3-4-6-22(16)28-2/h7-10,13-14,16,22H,3-6,11-12H2,1-2H3/t16-,22+/m1/s1. The fourth-order valence-electron chi connectivity index (χ4n) is 4.22. The molecule has 0 radical (unpaired) electrons. The number of ether oxygens (including phenoxy) is 1. The lowest BCUT2D eigenvalue weighted by Gasteiger charge is -2.29. The zero-order valence-corrected chi connectivity index (χ0v) is 16.5. The minimum atomic E-state index is 0.218. The molecule has 6 heteroatoms. The molecule has 2 atom stereocenters. The number of fused-ring (bicyclic) bond motifs is 1. The average Bonchev–Trinajstić information content (AvgIpc) is 3.11. The third-order valence-corrected chi connectivity index (χ3v) is 5.65. The van der Waals surface area contributed by atoms with Crippen molar-refractivity contribution in [2.45, 2.75) is 51.6 Å². The van der Waals surface area contributed by atoms with Crippen molar-refractivity contribution < 1.29 is 9.53 Å². The SMILES string of the molecule is CO[C@H]1CCCC[C@@H]1CC(=O)Cc1cc2cnn(-c3ccnc(C)c3)c2cn1. The Morgan fingerprint density at radius 2 is 2.07 bits per heavy atom. The lowest BCUT2D eigenvalue weighted by molar-refractivity contribution is -0.121. The third-order valence-electron chi connectivity index (χ3n) is 5.65. The summed E-state index contributed by atoms with van der Waals surface area (Å²) in [5.41, 5.74) is 3.62. The van der Waals surface area contributed by atoms with Gasteiger partial charge in [0.25, 0.3) is 0 Å². The summed E-state index contributed by atoms with van der Waals surface area (Å²) in [5.74, 6) is 0.575. The second-order valence-electron chi connectivity index (χ2n) is 7.68. The van der Waals surface area contributed by atoms with E-state index in [1.54, 1.807) is 19.5 Å². The fraction of sp³-hybridized carbons (Fsp3) is 0.455. The lowest BCUT2D eigenvalue weighted by Crippen LogP contribution is -2.29. The molecule has 3 aromatic rings. The van der Waals surface area contributed by atoms with Crippen LogP contribution < -0.4 is 0 Å². The monoisotopic (exact) mass is 378 g/mol. The molecule has 0 bridgehead atoms. The van der Waals surface area contributed by atoms with Gasteiger partial charge < -0.3 is 4.74 Å². The molecule has 1 aliphatic carbocycles. The van der Waals surface area contributed by atoms with Gasteiger partial charge in [-0.2, -0.15) is 5.10 Å². The molecule has 4 rings (SSSR count). The van der Waals surface area contributed by atoms with Crippen LogP contribution in [0.1, 0.15) is 43.5 Å². The predicted molar refractivity (Wildman–Crippen MR) is 107 cm³/mol. The van der Waals surface area contributed by atoms with Crippen molar-refractivity contribution in [3.8, 4) is 5.69 Å². The van der Waals surface area contributed by atoms with E-state index in [-0.39, 0.29) is 11.9 Å². The van der Waals surface area contributed by atoms with Crippen LogP contribution in [0.4, 0.5) is 0 Å². The van der Waals surface area contributed by atoms with Crippen LogP contribution in [0.3, 0.4) is 0 Å². The molecule has 0 saturated heterocycles. The molecular formula is C22H26N4O2. The van der Waals surface area contributed by atoms with Crippen molar-refractivity contribution >= 4 is 16.7 Å². The van der Waals surface area contributed by atoms with Crippen LogP contribution in [0, 0.1) is 12.8 Å². The van der Waals surface area contributed by atoms with Gasteiger partial charge in [-0.05, 0) is 43.9 Å². The number of nitrogens with zero attached hydrogens (tertiary/aromatic N) is 4. The van der Waals surface area contributed by atoms with Gasteiger partial charge in [0.1, 0.15) is 5.78 Å². The first-order chi connectivity index (χ1) is 13.6. The minimum Gasteiger partial charge on any atom is -0.381 e. The number of aryl methyl sites for hydroxylation is 1. The highest BCUT2D eigenvalue weighted by molar-refractivity contribution is 5.84. The summed E-state index contributed by atoms with van der Waals surface area (Å²) in [5, 5.41) is 5.47. The summed E-state index contributed by atoms with van der Waals surface area (Å²) in [6, 6.07) is 5.88. The highest BCUT2D eigenvalue weighted by Crippen LogP contribution is 2.29. The number of Topliss-reactive ketones (excluding diaryl/α,β-unsaturated/α-hetero) is 1. The smallest absolute Gasteiger partial charge is 0.139 e. The van der Waals surface area contributed by atoms with E-state index in [4.69, 9.17) is 4.74 Å². The minimum absolute atomic E-state index is 0.218. The van der Waals surface area contributed by atoms with Crippen molar-refractivity contribution in [2.24, 2.45) is 5.92 Å². The fourth-order valence-corrected chi connectivity index (χ4v) is 4.22. The van der Waals surface area contributed by atoms with E-state index < -0.39 is 0 Å². The summed E-state index contributed by atoms with van der Waals surface area (Å²) >= 11 is 0. The molecule has 3 aromatic heterocycles. The van der Waals surface area contributed by atoms with Gasteiger partial charge in [0, 0.05) is 42.9 Å². The Morgan fingerprint density at radius 3 is 2.89 bits per heavy atom. The van der Waals surface area contributed by atoms with Gasteiger partial charge >= 0.3 is 0 Å². The maximum atomic E-state index is 12.6. The van der Waals surface area contributed by atoms with Gasteiger partial charge in [-0.25, -0.2) is 4.68 Å². The number of ketones is 1. The topological polar surface area (TPSA) is 69.9 Å². The molecule has 1 aliphatic rings. The normalized spacial score (nSPS) is 19.8. The molecule has 1 saturated carbocycles. The van der Waals surface area contributed by atoms with E-state index in [2.05, 4.69) is 15.1 Å². The maximum absolute atomic E-state index is 12.6. The molecular weight excluding hydrogens is 352 g/mol. The molecule has 1 fully saturated rings. The highest BCUT2D eigenvalue weighted by Gasteiger charge is 2.27. The van der Waals surface area contributed by atoms with Gasteiger partial charge in [0.2, 0.25) is 0 Å². The van der Waals surface area contributed by atoms with E-state index in [0.717, 1.165) is 40.8 Å². The van der Waals surface area contributed by atoms with Gasteiger partial charge in [0.15, 0.2) is 0 Å². The Balaban J connectivity index is 1.48. The van der Waals surface area contributed by atoms with Crippen molar-refractivity contribution in [3.63, 3.8) is 0 Å². The average molecular weight is 378 g/mol. The molecule has 0 unspecified atom stereocenters. The van der Waals surface area contributed by atoms with Crippen molar-refractivity contribution in [2.75, 3.05) is 7.11 Å². The molecule has 28 heavy (non-hydrogen) atoms. The van der Waals surface area contributed by atoms with E-state index in [9.17, 15) is 4.79 Å². The first kappa shape index (κ1) is 18.7. The van der Waals surface area contributed by atoms with Crippen LogP contribution in [-0.2, 0) is 16.0 Å². The quantitative estimate of drug-likeness (QED) is 0.652.